The maximum absolute atomic E-state index is 11.8. The van der Waals surface area contributed by atoms with Crippen molar-refractivity contribution in [3.63, 3.8) is 0 Å². The van der Waals surface area contributed by atoms with E-state index in [0.717, 1.165) is 5.57 Å². The fourth-order valence-electron chi connectivity index (χ4n) is 1.73. The number of aliphatic carboxylic acids is 1. The monoisotopic (exact) mass is 255 g/mol. The minimum Gasteiger partial charge on any atom is -0.481 e. The highest BCUT2D eigenvalue weighted by molar-refractivity contribution is 5.73. The van der Waals surface area contributed by atoms with E-state index in [0.29, 0.717) is 19.5 Å². The first-order valence-electron chi connectivity index (χ1n) is 6.10. The Labute approximate surface area is 107 Å². The molecule has 1 aliphatic heterocycles. The van der Waals surface area contributed by atoms with E-state index >= 15 is 0 Å². The van der Waals surface area contributed by atoms with Gasteiger partial charge in [-0.3, -0.25) is 4.79 Å². The molecule has 1 heterocycles. The molecule has 1 amide bonds. The zero-order valence-corrected chi connectivity index (χ0v) is 11.4. The van der Waals surface area contributed by atoms with Crippen LogP contribution >= 0.6 is 0 Å². The van der Waals surface area contributed by atoms with E-state index in [-0.39, 0.29) is 6.09 Å². The van der Waals surface area contributed by atoms with Crippen LogP contribution in [0.4, 0.5) is 4.79 Å². The van der Waals surface area contributed by atoms with Gasteiger partial charge >= 0.3 is 12.1 Å². The second kappa shape index (κ2) is 5.42. The number of carbonyl (C=O) groups excluding carboxylic acids is 1. The minimum atomic E-state index is -0.827. The third kappa shape index (κ3) is 4.05. The average molecular weight is 255 g/mol. The van der Waals surface area contributed by atoms with E-state index in [2.05, 4.69) is 0 Å². The molecule has 0 spiro atoms. The molecule has 1 aliphatic rings. The summed E-state index contributed by atoms with van der Waals surface area (Å²) in [6, 6.07) is 0. The number of carboxylic acid groups (broad SMARTS) is 1. The SMILES string of the molecule is CC(C(=O)O)C1=CCN(C(=O)OC(C)(C)C)CC1. The van der Waals surface area contributed by atoms with Gasteiger partial charge in [-0.2, -0.15) is 0 Å². The van der Waals surface area contributed by atoms with E-state index in [4.69, 9.17) is 9.84 Å². The lowest BCUT2D eigenvalue weighted by Gasteiger charge is -2.30. The van der Waals surface area contributed by atoms with Crippen LogP contribution in [0.2, 0.25) is 0 Å². The van der Waals surface area contributed by atoms with Crippen LogP contribution < -0.4 is 0 Å². The lowest BCUT2D eigenvalue weighted by atomic mass is 9.95. The molecule has 1 rings (SSSR count). The molecule has 0 fully saturated rings. The first-order chi connectivity index (χ1) is 8.20. The van der Waals surface area contributed by atoms with Crippen molar-refractivity contribution in [2.24, 2.45) is 5.92 Å². The minimum absolute atomic E-state index is 0.347. The Kier molecular flexibility index (Phi) is 4.38. The zero-order valence-electron chi connectivity index (χ0n) is 11.4. The number of nitrogens with zero attached hydrogens (tertiary/aromatic N) is 1. The Morgan fingerprint density at radius 2 is 2.06 bits per heavy atom. The number of carboxylic acids is 1. The van der Waals surface area contributed by atoms with Crippen molar-refractivity contribution in [2.75, 3.05) is 13.1 Å². The predicted molar refractivity (Wildman–Crippen MR) is 67.3 cm³/mol. The van der Waals surface area contributed by atoms with E-state index < -0.39 is 17.5 Å². The molecule has 0 aromatic rings. The molecule has 5 nitrogen and oxygen atoms in total. The van der Waals surface area contributed by atoms with Gasteiger partial charge in [0.25, 0.3) is 0 Å². The Bertz CT molecular complexity index is 368. The molecule has 0 aliphatic carbocycles. The van der Waals surface area contributed by atoms with Crippen molar-refractivity contribution in [3.05, 3.63) is 11.6 Å². The van der Waals surface area contributed by atoms with Gasteiger partial charge in [-0.15, -0.1) is 0 Å². The highest BCUT2D eigenvalue weighted by Crippen LogP contribution is 2.21. The maximum atomic E-state index is 11.8. The second-order valence-electron chi connectivity index (χ2n) is 5.52. The summed E-state index contributed by atoms with van der Waals surface area (Å²) in [4.78, 5) is 24.2. The lowest BCUT2D eigenvalue weighted by molar-refractivity contribution is -0.139. The van der Waals surface area contributed by atoms with Gasteiger partial charge in [0.05, 0.1) is 5.92 Å². The topological polar surface area (TPSA) is 66.8 Å². The van der Waals surface area contributed by atoms with Crippen LogP contribution in [0.3, 0.4) is 0 Å². The van der Waals surface area contributed by atoms with Crippen molar-refractivity contribution >= 4 is 12.1 Å². The molecule has 0 aromatic heterocycles. The van der Waals surface area contributed by atoms with E-state index in [9.17, 15) is 9.59 Å². The Morgan fingerprint density at radius 3 is 2.44 bits per heavy atom. The summed E-state index contributed by atoms with van der Waals surface area (Å²) in [5.74, 6) is -1.31. The van der Waals surface area contributed by atoms with Gasteiger partial charge in [-0.1, -0.05) is 11.6 Å². The van der Waals surface area contributed by atoms with Gasteiger partial charge in [-0.25, -0.2) is 4.79 Å². The second-order valence-corrected chi connectivity index (χ2v) is 5.52. The van der Waals surface area contributed by atoms with E-state index in [1.54, 1.807) is 11.8 Å². The van der Waals surface area contributed by atoms with Crippen LogP contribution in [0, 0.1) is 5.92 Å². The van der Waals surface area contributed by atoms with Crippen LogP contribution in [0.5, 0.6) is 0 Å². The maximum Gasteiger partial charge on any atom is 0.410 e. The van der Waals surface area contributed by atoms with Gasteiger partial charge in [0.2, 0.25) is 0 Å². The zero-order chi connectivity index (χ0) is 13.9. The molecular weight excluding hydrogens is 234 g/mol. The fourth-order valence-corrected chi connectivity index (χ4v) is 1.73. The third-order valence-corrected chi connectivity index (χ3v) is 2.82. The Morgan fingerprint density at radius 1 is 1.44 bits per heavy atom. The number of hydrogen-bond acceptors (Lipinski definition) is 3. The molecule has 0 bridgehead atoms. The Hall–Kier alpha value is -1.52. The number of carbonyl (C=O) groups is 2. The number of rotatable bonds is 2. The van der Waals surface area contributed by atoms with Gasteiger partial charge in [-0.05, 0) is 34.1 Å². The molecule has 102 valence electrons. The summed E-state index contributed by atoms with van der Waals surface area (Å²) >= 11 is 0. The van der Waals surface area contributed by atoms with Gasteiger partial charge < -0.3 is 14.7 Å². The van der Waals surface area contributed by atoms with Gasteiger partial charge in [0, 0.05) is 13.1 Å². The summed E-state index contributed by atoms with van der Waals surface area (Å²) < 4.78 is 5.26. The number of hydrogen-bond donors (Lipinski definition) is 1. The number of amides is 1. The van der Waals surface area contributed by atoms with Crippen molar-refractivity contribution in [1.82, 2.24) is 4.90 Å². The smallest absolute Gasteiger partial charge is 0.410 e. The predicted octanol–water partition coefficient (Wildman–Crippen LogP) is 2.27. The summed E-state index contributed by atoms with van der Waals surface area (Å²) in [6.45, 7) is 8.06. The van der Waals surface area contributed by atoms with Gasteiger partial charge in [0.15, 0.2) is 0 Å². The number of ether oxygens (including phenoxy) is 1. The highest BCUT2D eigenvalue weighted by atomic mass is 16.6. The molecule has 5 heteroatoms. The van der Waals surface area contributed by atoms with Crippen molar-refractivity contribution in [3.8, 4) is 0 Å². The molecular formula is C13H21NO4. The summed E-state index contributed by atoms with van der Waals surface area (Å²) in [5.41, 5.74) is 0.373. The largest absolute Gasteiger partial charge is 0.481 e. The van der Waals surface area contributed by atoms with E-state index in [1.807, 2.05) is 26.8 Å². The molecule has 0 aromatic carbocycles. The standard InChI is InChI=1S/C13H21NO4/c1-9(11(15)16)10-5-7-14(8-6-10)12(17)18-13(2,3)4/h5,9H,6-8H2,1-4H3,(H,15,16). The van der Waals surface area contributed by atoms with Crippen LogP contribution in [0.15, 0.2) is 11.6 Å². The molecule has 1 N–H and O–H groups in total. The summed E-state index contributed by atoms with van der Waals surface area (Å²) in [5, 5.41) is 8.92. The molecule has 0 saturated heterocycles. The van der Waals surface area contributed by atoms with Crippen LogP contribution in [0.1, 0.15) is 34.1 Å². The van der Waals surface area contributed by atoms with Crippen LogP contribution in [-0.2, 0) is 9.53 Å². The Balaban J connectivity index is 2.58. The summed E-state index contributed by atoms with van der Waals surface area (Å²) in [6.07, 6.45) is 2.06. The van der Waals surface area contributed by atoms with Crippen LogP contribution in [-0.4, -0.2) is 40.8 Å². The third-order valence-electron chi connectivity index (χ3n) is 2.82. The molecule has 0 saturated carbocycles. The molecule has 0 radical (unpaired) electrons. The quantitative estimate of drug-likeness (QED) is 0.769. The summed E-state index contributed by atoms with van der Waals surface area (Å²) in [7, 11) is 0. The average Bonchev–Trinajstić information content (AvgIpc) is 2.26. The first-order valence-corrected chi connectivity index (χ1v) is 6.10. The van der Waals surface area contributed by atoms with Gasteiger partial charge in [0.1, 0.15) is 5.60 Å². The van der Waals surface area contributed by atoms with Crippen molar-refractivity contribution < 1.29 is 19.4 Å². The highest BCUT2D eigenvalue weighted by Gasteiger charge is 2.26. The first kappa shape index (κ1) is 14.5. The van der Waals surface area contributed by atoms with Crippen molar-refractivity contribution in [2.45, 2.75) is 39.7 Å². The molecule has 1 atom stereocenters. The lowest BCUT2D eigenvalue weighted by Crippen LogP contribution is -2.39. The van der Waals surface area contributed by atoms with Crippen molar-refractivity contribution in [1.29, 1.82) is 0 Å². The van der Waals surface area contributed by atoms with Crippen LogP contribution in [0.25, 0.3) is 0 Å². The fraction of sp³-hybridized carbons (Fsp3) is 0.692. The molecule has 18 heavy (non-hydrogen) atoms. The normalized spacial score (nSPS) is 18.0. The van der Waals surface area contributed by atoms with E-state index in [1.165, 1.54) is 0 Å². The molecule has 1 unspecified atom stereocenters.